The Balaban J connectivity index is 2.23. The minimum absolute atomic E-state index is 0.101. The molecule has 0 bridgehead atoms. The number of benzene rings is 2. The lowest BCUT2D eigenvalue weighted by Crippen LogP contribution is -2.33. The SMILES string of the molecule is CC(C)N(C)S(=O)(=O)c1cccc(C(=O)Nc2ccc(N(C)C)cc2)c1. The van der Waals surface area contributed by atoms with E-state index in [1.807, 2.05) is 31.1 Å². The van der Waals surface area contributed by atoms with Gasteiger partial charge in [0.15, 0.2) is 0 Å². The van der Waals surface area contributed by atoms with Crippen molar-refractivity contribution >= 4 is 27.3 Å². The van der Waals surface area contributed by atoms with Crippen LogP contribution in [0, 0.1) is 0 Å². The molecule has 0 saturated heterocycles. The topological polar surface area (TPSA) is 69.7 Å². The van der Waals surface area contributed by atoms with Crippen LogP contribution in [0.4, 0.5) is 11.4 Å². The van der Waals surface area contributed by atoms with Gasteiger partial charge in [-0.2, -0.15) is 4.31 Å². The van der Waals surface area contributed by atoms with Crippen LogP contribution in [0.5, 0.6) is 0 Å². The second-order valence-corrected chi connectivity index (χ2v) is 8.54. The van der Waals surface area contributed by atoms with Crippen LogP contribution in [0.15, 0.2) is 53.4 Å². The first kappa shape index (κ1) is 19.9. The zero-order valence-corrected chi connectivity index (χ0v) is 16.5. The third kappa shape index (κ3) is 4.42. The van der Waals surface area contributed by atoms with Gasteiger partial charge in [0.05, 0.1) is 4.90 Å². The monoisotopic (exact) mass is 375 g/mol. The third-order valence-electron chi connectivity index (χ3n) is 4.14. The highest BCUT2D eigenvalue weighted by molar-refractivity contribution is 7.89. The van der Waals surface area contributed by atoms with Crippen LogP contribution in [0.1, 0.15) is 24.2 Å². The van der Waals surface area contributed by atoms with E-state index in [0.717, 1.165) is 5.69 Å². The van der Waals surface area contributed by atoms with Gasteiger partial charge in [-0.05, 0) is 56.3 Å². The average Bonchev–Trinajstić information content (AvgIpc) is 2.61. The molecule has 0 radical (unpaired) electrons. The van der Waals surface area contributed by atoms with Gasteiger partial charge >= 0.3 is 0 Å². The maximum atomic E-state index is 12.6. The molecule has 1 N–H and O–H groups in total. The van der Waals surface area contributed by atoms with Gasteiger partial charge in [-0.1, -0.05) is 6.07 Å². The molecule has 6 nitrogen and oxygen atoms in total. The van der Waals surface area contributed by atoms with E-state index in [1.54, 1.807) is 38.1 Å². The molecule has 2 aromatic rings. The summed E-state index contributed by atoms with van der Waals surface area (Å²) in [6, 6.07) is 13.3. The first-order valence-corrected chi connectivity index (χ1v) is 9.74. The number of hydrogen-bond donors (Lipinski definition) is 1. The smallest absolute Gasteiger partial charge is 0.255 e. The summed E-state index contributed by atoms with van der Waals surface area (Å²) in [7, 11) is 1.77. The molecule has 0 heterocycles. The fourth-order valence-electron chi connectivity index (χ4n) is 2.29. The van der Waals surface area contributed by atoms with Crippen molar-refractivity contribution in [1.82, 2.24) is 4.31 Å². The van der Waals surface area contributed by atoms with Crippen LogP contribution >= 0.6 is 0 Å². The Kier molecular flexibility index (Phi) is 6.05. The minimum atomic E-state index is -3.63. The number of rotatable bonds is 6. The molecule has 0 aliphatic heterocycles. The number of anilines is 2. The molecule has 0 spiro atoms. The van der Waals surface area contributed by atoms with Crippen LogP contribution in [-0.2, 0) is 10.0 Å². The van der Waals surface area contributed by atoms with Gasteiger partial charge in [-0.15, -0.1) is 0 Å². The first-order chi connectivity index (χ1) is 12.1. The Morgan fingerprint density at radius 2 is 1.62 bits per heavy atom. The first-order valence-electron chi connectivity index (χ1n) is 8.30. The van der Waals surface area contributed by atoms with Crippen molar-refractivity contribution < 1.29 is 13.2 Å². The Labute approximate surface area is 155 Å². The molecule has 0 atom stereocenters. The molecule has 0 fully saturated rings. The van der Waals surface area contributed by atoms with Crippen molar-refractivity contribution in [2.75, 3.05) is 31.4 Å². The summed E-state index contributed by atoms with van der Waals surface area (Å²) in [6.45, 7) is 3.59. The molecule has 7 heteroatoms. The molecule has 0 aliphatic rings. The molecular weight excluding hydrogens is 350 g/mol. The number of carbonyl (C=O) groups excluding carboxylic acids is 1. The summed E-state index contributed by atoms with van der Waals surface area (Å²) in [6.07, 6.45) is 0. The van der Waals surface area contributed by atoms with E-state index < -0.39 is 10.0 Å². The van der Waals surface area contributed by atoms with Crippen LogP contribution in [-0.4, -0.2) is 45.8 Å². The fraction of sp³-hybridized carbons (Fsp3) is 0.316. The van der Waals surface area contributed by atoms with E-state index in [1.165, 1.54) is 23.5 Å². The quantitative estimate of drug-likeness (QED) is 0.843. The zero-order chi connectivity index (χ0) is 19.5. The summed E-state index contributed by atoms with van der Waals surface area (Å²) in [5.41, 5.74) is 1.96. The average molecular weight is 375 g/mol. The van der Waals surface area contributed by atoms with Gasteiger partial charge in [0.1, 0.15) is 0 Å². The Morgan fingerprint density at radius 3 is 2.15 bits per heavy atom. The summed E-state index contributed by atoms with van der Waals surface area (Å²) < 4.78 is 26.5. The Hall–Kier alpha value is -2.38. The largest absolute Gasteiger partial charge is 0.378 e. The van der Waals surface area contributed by atoms with Crippen LogP contribution in [0.2, 0.25) is 0 Å². The number of nitrogens with zero attached hydrogens (tertiary/aromatic N) is 2. The number of nitrogens with one attached hydrogen (secondary N) is 1. The van der Waals surface area contributed by atoms with Crippen LogP contribution in [0.25, 0.3) is 0 Å². The molecule has 26 heavy (non-hydrogen) atoms. The molecule has 0 aliphatic carbocycles. The second kappa shape index (κ2) is 7.88. The second-order valence-electron chi connectivity index (χ2n) is 6.54. The fourth-order valence-corrected chi connectivity index (χ4v) is 3.70. The Morgan fingerprint density at radius 1 is 1.00 bits per heavy atom. The van der Waals surface area contributed by atoms with E-state index in [0.29, 0.717) is 11.3 Å². The van der Waals surface area contributed by atoms with E-state index in [-0.39, 0.29) is 16.8 Å². The van der Waals surface area contributed by atoms with E-state index in [9.17, 15) is 13.2 Å². The maximum Gasteiger partial charge on any atom is 0.255 e. The van der Waals surface area contributed by atoms with Gasteiger partial charge in [-0.25, -0.2) is 8.42 Å². The van der Waals surface area contributed by atoms with E-state index >= 15 is 0 Å². The summed E-state index contributed by atoms with van der Waals surface area (Å²) in [4.78, 5) is 14.6. The van der Waals surface area contributed by atoms with Crippen molar-refractivity contribution in [2.45, 2.75) is 24.8 Å². The van der Waals surface area contributed by atoms with Crippen molar-refractivity contribution in [2.24, 2.45) is 0 Å². The molecular formula is C19H25N3O3S. The highest BCUT2D eigenvalue weighted by atomic mass is 32.2. The van der Waals surface area contributed by atoms with Gasteiger partial charge in [0.2, 0.25) is 10.0 Å². The number of hydrogen-bond acceptors (Lipinski definition) is 4. The number of amides is 1. The third-order valence-corrected chi connectivity index (χ3v) is 6.17. The van der Waals surface area contributed by atoms with Crippen LogP contribution in [0.3, 0.4) is 0 Å². The zero-order valence-electron chi connectivity index (χ0n) is 15.7. The lowest BCUT2D eigenvalue weighted by atomic mass is 10.2. The predicted molar refractivity (Wildman–Crippen MR) is 105 cm³/mol. The van der Waals surface area contributed by atoms with Crippen molar-refractivity contribution in [3.63, 3.8) is 0 Å². The molecule has 2 aromatic carbocycles. The lowest BCUT2D eigenvalue weighted by molar-refractivity contribution is 0.102. The lowest BCUT2D eigenvalue weighted by Gasteiger charge is -2.21. The van der Waals surface area contributed by atoms with Gasteiger partial charge < -0.3 is 10.2 Å². The van der Waals surface area contributed by atoms with Gasteiger partial charge in [0, 0.05) is 44.1 Å². The predicted octanol–water partition coefficient (Wildman–Crippen LogP) is 3.03. The van der Waals surface area contributed by atoms with Gasteiger partial charge in [0.25, 0.3) is 5.91 Å². The molecule has 0 aromatic heterocycles. The maximum absolute atomic E-state index is 12.6. The van der Waals surface area contributed by atoms with E-state index in [4.69, 9.17) is 0 Å². The molecule has 140 valence electrons. The van der Waals surface area contributed by atoms with Crippen molar-refractivity contribution in [3.05, 3.63) is 54.1 Å². The standard InChI is InChI=1S/C19H25N3O3S/c1-14(2)22(5)26(24,25)18-8-6-7-15(13-18)19(23)20-16-9-11-17(12-10-16)21(3)4/h6-14H,1-5H3,(H,20,23). The molecule has 1 amide bonds. The van der Waals surface area contributed by atoms with Crippen LogP contribution < -0.4 is 10.2 Å². The van der Waals surface area contributed by atoms with Crippen molar-refractivity contribution in [3.8, 4) is 0 Å². The van der Waals surface area contributed by atoms with E-state index in [2.05, 4.69) is 5.32 Å². The normalized spacial score (nSPS) is 11.7. The van der Waals surface area contributed by atoms with Gasteiger partial charge in [-0.3, -0.25) is 4.79 Å². The summed E-state index contributed by atoms with van der Waals surface area (Å²) >= 11 is 0. The minimum Gasteiger partial charge on any atom is -0.378 e. The number of sulfonamides is 1. The highest BCUT2D eigenvalue weighted by Gasteiger charge is 2.23. The van der Waals surface area contributed by atoms with Crippen molar-refractivity contribution in [1.29, 1.82) is 0 Å². The summed E-state index contributed by atoms with van der Waals surface area (Å²) in [5, 5.41) is 2.79. The number of carbonyl (C=O) groups is 1. The highest BCUT2D eigenvalue weighted by Crippen LogP contribution is 2.20. The molecule has 0 saturated carbocycles. The molecule has 2 rings (SSSR count). The Bertz CT molecular complexity index is 875. The molecule has 0 unspecified atom stereocenters. The summed E-state index contributed by atoms with van der Waals surface area (Å²) in [5.74, 6) is -0.355.